The summed E-state index contributed by atoms with van der Waals surface area (Å²) < 4.78 is 5.42. The number of anilines is 1. The predicted octanol–water partition coefficient (Wildman–Crippen LogP) is 3.03. The third kappa shape index (κ3) is 5.81. The number of carbonyl (C=O) groups is 2. The molecule has 0 aliphatic heterocycles. The normalized spacial score (nSPS) is 10.3. The number of nitrogens with one attached hydrogen (secondary N) is 1. The van der Waals surface area contributed by atoms with Crippen molar-refractivity contribution in [1.29, 1.82) is 0 Å². The van der Waals surface area contributed by atoms with Crippen LogP contribution in [-0.4, -0.2) is 34.4 Å². The second kappa shape index (κ2) is 8.85. The highest BCUT2D eigenvalue weighted by molar-refractivity contribution is 8.01. The highest BCUT2D eigenvalue weighted by atomic mass is 35.5. The molecule has 122 valence electrons. The van der Waals surface area contributed by atoms with Gasteiger partial charge in [0.05, 0.1) is 18.8 Å². The minimum atomic E-state index is -0.308. The highest BCUT2D eigenvalue weighted by Crippen LogP contribution is 2.25. The maximum Gasteiger partial charge on any atom is 0.316 e. The quantitative estimate of drug-likeness (QED) is 0.457. The summed E-state index contributed by atoms with van der Waals surface area (Å²) in [4.78, 5) is 23.3. The Bertz CT molecular complexity index is 693. The van der Waals surface area contributed by atoms with E-state index in [0.29, 0.717) is 21.1 Å². The van der Waals surface area contributed by atoms with Crippen molar-refractivity contribution in [2.45, 2.75) is 17.7 Å². The topological polar surface area (TPSA) is 81.2 Å². The van der Waals surface area contributed by atoms with Gasteiger partial charge < -0.3 is 10.1 Å². The number of nitrogens with zero attached hydrogens (tertiary/aromatic N) is 2. The molecule has 0 unspecified atom stereocenters. The molecule has 0 atom stereocenters. The van der Waals surface area contributed by atoms with Crippen molar-refractivity contribution in [3.05, 3.63) is 34.9 Å². The minimum Gasteiger partial charge on any atom is -0.465 e. The molecular formula is C14H14ClN3O3S2. The van der Waals surface area contributed by atoms with Crippen molar-refractivity contribution in [1.82, 2.24) is 10.2 Å². The largest absolute Gasteiger partial charge is 0.465 e. The van der Waals surface area contributed by atoms with E-state index in [1.807, 2.05) is 12.1 Å². The van der Waals surface area contributed by atoms with Crippen LogP contribution in [0.15, 0.2) is 28.6 Å². The smallest absolute Gasteiger partial charge is 0.316 e. The lowest BCUT2D eigenvalue weighted by molar-refractivity contribution is -0.139. The summed E-state index contributed by atoms with van der Waals surface area (Å²) in [5.74, 6) is -0.371. The first-order valence-electron chi connectivity index (χ1n) is 6.73. The number of benzene rings is 1. The van der Waals surface area contributed by atoms with Gasteiger partial charge in [0, 0.05) is 5.02 Å². The van der Waals surface area contributed by atoms with E-state index >= 15 is 0 Å². The molecule has 1 N–H and O–H groups in total. The fourth-order valence-corrected chi connectivity index (χ4v) is 3.39. The van der Waals surface area contributed by atoms with E-state index in [9.17, 15) is 9.59 Å². The van der Waals surface area contributed by atoms with Crippen LogP contribution in [0.5, 0.6) is 0 Å². The van der Waals surface area contributed by atoms with Gasteiger partial charge in [0.15, 0.2) is 4.34 Å². The first-order valence-corrected chi connectivity index (χ1v) is 8.91. The van der Waals surface area contributed by atoms with E-state index in [4.69, 9.17) is 16.3 Å². The Labute approximate surface area is 146 Å². The van der Waals surface area contributed by atoms with Gasteiger partial charge in [-0.05, 0) is 18.6 Å². The zero-order valence-corrected chi connectivity index (χ0v) is 14.6. The summed E-state index contributed by atoms with van der Waals surface area (Å²) in [5.41, 5.74) is 0.744. The summed E-state index contributed by atoms with van der Waals surface area (Å²) >= 11 is 8.44. The summed E-state index contributed by atoms with van der Waals surface area (Å²) in [6, 6.07) is 7.16. The molecule has 1 amide bonds. The Morgan fingerprint density at radius 3 is 2.87 bits per heavy atom. The zero-order chi connectivity index (χ0) is 16.7. The van der Waals surface area contributed by atoms with Crippen molar-refractivity contribution < 1.29 is 14.3 Å². The number of aromatic nitrogens is 2. The molecule has 1 aromatic heterocycles. The number of thioether (sulfide) groups is 1. The van der Waals surface area contributed by atoms with Gasteiger partial charge in [-0.15, -0.1) is 10.2 Å². The number of rotatable bonds is 7. The van der Waals surface area contributed by atoms with Gasteiger partial charge in [0.25, 0.3) is 0 Å². The Kier molecular flexibility index (Phi) is 6.82. The number of amides is 1. The lowest BCUT2D eigenvalue weighted by Crippen LogP contribution is -2.14. The number of ether oxygens (including phenoxy) is 1. The third-order valence-electron chi connectivity index (χ3n) is 2.58. The fraction of sp³-hybridized carbons (Fsp3) is 0.286. The van der Waals surface area contributed by atoms with Gasteiger partial charge in [-0.3, -0.25) is 9.59 Å². The van der Waals surface area contributed by atoms with Gasteiger partial charge in [-0.25, -0.2) is 0 Å². The average molecular weight is 372 g/mol. The minimum absolute atomic E-state index is 0.157. The standard InChI is InChI=1S/C14H14ClN3O3S2/c1-2-21-12(20)8-22-14-18-17-13(23-14)16-11(19)7-9-5-3-4-6-10(9)15/h3-6H,2,7-8H2,1H3,(H,16,17,19). The summed E-state index contributed by atoms with van der Waals surface area (Å²) in [7, 11) is 0. The van der Waals surface area contributed by atoms with Crippen LogP contribution in [-0.2, 0) is 20.7 Å². The van der Waals surface area contributed by atoms with Crippen molar-refractivity contribution in [2.75, 3.05) is 17.7 Å². The van der Waals surface area contributed by atoms with Gasteiger partial charge in [0.1, 0.15) is 0 Å². The zero-order valence-electron chi connectivity index (χ0n) is 12.2. The molecule has 23 heavy (non-hydrogen) atoms. The highest BCUT2D eigenvalue weighted by Gasteiger charge is 2.12. The Morgan fingerprint density at radius 1 is 1.35 bits per heavy atom. The van der Waals surface area contributed by atoms with E-state index in [1.54, 1.807) is 19.1 Å². The molecule has 0 aliphatic rings. The SMILES string of the molecule is CCOC(=O)CSc1nnc(NC(=O)Cc2ccccc2Cl)s1. The monoisotopic (exact) mass is 371 g/mol. The Balaban J connectivity index is 1.85. The Morgan fingerprint density at radius 2 is 2.13 bits per heavy atom. The summed E-state index contributed by atoms with van der Waals surface area (Å²) in [6.45, 7) is 2.10. The number of carbonyl (C=O) groups excluding carboxylic acids is 2. The molecule has 6 nitrogen and oxygen atoms in total. The van der Waals surface area contributed by atoms with Crippen LogP contribution < -0.4 is 5.32 Å². The van der Waals surface area contributed by atoms with E-state index < -0.39 is 0 Å². The molecule has 1 aromatic carbocycles. The molecular weight excluding hydrogens is 358 g/mol. The first kappa shape index (κ1) is 17.7. The van der Waals surface area contributed by atoms with Crippen LogP contribution in [0.4, 0.5) is 5.13 Å². The molecule has 0 saturated heterocycles. The van der Waals surface area contributed by atoms with E-state index in [1.165, 1.54) is 23.1 Å². The lowest BCUT2D eigenvalue weighted by Gasteiger charge is -2.03. The number of hydrogen-bond acceptors (Lipinski definition) is 7. The van der Waals surface area contributed by atoms with Crippen molar-refractivity contribution in [2.24, 2.45) is 0 Å². The number of esters is 1. The molecule has 0 saturated carbocycles. The molecule has 0 radical (unpaired) electrons. The van der Waals surface area contributed by atoms with Crippen LogP contribution in [0.3, 0.4) is 0 Å². The second-order valence-electron chi connectivity index (χ2n) is 4.28. The second-order valence-corrected chi connectivity index (χ2v) is 6.89. The molecule has 0 fully saturated rings. The van der Waals surface area contributed by atoms with Crippen molar-refractivity contribution in [3.63, 3.8) is 0 Å². The number of halogens is 1. The van der Waals surface area contributed by atoms with E-state index in [2.05, 4.69) is 15.5 Å². The Hall–Kier alpha value is -1.64. The fourth-order valence-electron chi connectivity index (χ4n) is 1.62. The first-order chi connectivity index (χ1) is 11.1. The predicted molar refractivity (Wildman–Crippen MR) is 91.1 cm³/mol. The summed E-state index contributed by atoms with van der Waals surface area (Å²) in [6.07, 6.45) is 0.157. The molecule has 0 bridgehead atoms. The molecule has 0 spiro atoms. The molecule has 2 aromatic rings. The van der Waals surface area contributed by atoms with Crippen LogP contribution in [0.1, 0.15) is 12.5 Å². The molecule has 2 rings (SSSR count). The maximum absolute atomic E-state index is 12.0. The van der Waals surface area contributed by atoms with Crippen molar-refractivity contribution in [3.8, 4) is 0 Å². The average Bonchev–Trinajstić information content (AvgIpc) is 2.95. The summed E-state index contributed by atoms with van der Waals surface area (Å²) in [5, 5.41) is 11.4. The van der Waals surface area contributed by atoms with E-state index in [0.717, 1.165) is 5.56 Å². The lowest BCUT2D eigenvalue weighted by atomic mass is 10.1. The third-order valence-corrected chi connectivity index (χ3v) is 4.89. The van der Waals surface area contributed by atoms with E-state index in [-0.39, 0.29) is 24.1 Å². The van der Waals surface area contributed by atoms with Crippen LogP contribution in [0, 0.1) is 0 Å². The van der Waals surface area contributed by atoms with Gasteiger partial charge in [-0.1, -0.05) is 52.9 Å². The maximum atomic E-state index is 12.0. The molecule has 1 heterocycles. The number of hydrogen-bond donors (Lipinski definition) is 1. The van der Waals surface area contributed by atoms with Crippen LogP contribution in [0.25, 0.3) is 0 Å². The molecule has 0 aliphatic carbocycles. The van der Waals surface area contributed by atoms with Crippen LogP contribution >= 0.6 is 34.7 Å². The van der Waals surface area contributed by atoms with Crippen molar-refractivity contribution >= 4 is 51.7 Å². The molecule has 9 heteroatoms. The van der Waals surface area contributed by atoms with Crippen LogP contribution in [0.2, 0.25) is 5.02 Å². The van der Waals surface area contributed by atoms with Gasteiger partial charge in [0.2, 0.25) is 11.0 Å². The van der Waals surface area contributed by atoms with Gasteiger partial charge >= 0.3 is 5.97 Å². The van der Waals surface area contributed by atoms with Gasteiger partial charge in [-0.2, -0.15) is 0 Å².